The van der Waals surface area contributed by atoms with E-state index in [1.807, 2.05) is 0 Å². The van der Waals surface area contributed by atoms with Crippen LogP contribution < -0.4 is 5.32 Å². The van der Waals surface area contributed by atoms with Gasteiger partial charge < -0.3 is 15.3 Å². The number of likely N-dealkylation sites (tertiary alicyclic amines) is 1. The summed E-state index contributed by atoms with van der Waals surface area (Å²) in [6, 6.07) is 1.87. The van der Waals surface area contributed by atoms with Crippen LogP contribution in [0.15, 0.2) is 0 Å². The van der Waals surface area contributed by atoms with Gasteiger partial charge in [0.15, 0.2) is 0 Å². The summed E-state index contributed by atoms with van der Waals surface area (Å²) in [7, 11) is 0. The monoisotopic (exact) mass is 271 g/mol. The summed E-state index contributed by atoms with van der Waals surface area (Å²) in [4.78, 5) is 14.1. The third kappa shape index (κ3) is 1.99. The molecule has 6 heteroatoms. The molecule has 0 radical (unpaired) electrons. The van der Waals surface area contributed by atoms with Crippen LogP contribution in [-0.2, 0) is 4.79 Å². The fourth-order valence-electron chi connectivity index (χ4n) is 3.49. The Kier molecular flexibility index (Phi) is 3.81. The quantitative estimate of drug-likeness (QED) is 0.706. The number of piperidine rings is 1. The maximum absolute atomic E-state index is 12.3. The molecule has 3 fully saturated rings. The second-order valence-electron chi connectivity index (χ2n) is 5.37. The first-order valence-corrected chi connectivity index (χ1v) is 6.35. The van der Waals surface area contributed by atoms with Crippen LogP contribution in [0.1, 0.15) is 25.7 Å². The number of carbonyl (C=O) groups is 1. The summed E-state index contributed by atoms with van der Waals surface area (Å²) in [6.45, 7) is 0.704. The lowest BCUT2D eigenvalue weighted by molar-refractivity contribution is -0.134. The first kappa shape index (κ1) is 13.6. The number of nitrogens with one attached hydrogen (secondary N) is 1. The Balaban J connectivity index is 0.00000120. The molecular formula is C12H18ClN3O2. The molecule has 3 rings (SSSR count). The molecule has 2 aliphatic heterocycles. The highest BCUT2D eigenvalue weighted by atomic mass is 35.5. The zero-order valence-electron chi connectivity index (χ0n) is 10.1. The summed E-state index contributed by atoms with van der Waals surface area (Å²) < 4.78 is 0. The van der Waals surface area contributed by atoms with Crippen LogP contribution in [0.3, 0.4) is 0 Å². The maximum Gasteiger partial charge on any atom is 0.241 e. The molecule has 2 N–H and O–H groups in total. The summed E-state index contributed by atoms with van der Waals surface area (Å²) in [5.41, 5.74) is 0. The minimum absolute atomic E-state index is 0. The molecule has 100 valence electrons. The van der Waals surface area contributed by atoms with Gasteiger partial charge in [-0.15, -0.1) is 12.4 Å². The van der Waals surface area contributed by atoms with Crippen LogP contribution in [0, 0.1) is 17.2 Å². The van der Waals surface area contributed by atoms with Crippen molar-refractivity contribution in [3.05, 3.63) is 0 Å². The van der Waals surface area contributed by atoms with Crippen molar-refractivity contribution in [2.24, 2.45) is 5.92 Å². The van der Waals surface area contributed by atoms with Crippen molar-refractivity contribution < 1.29 is 9.90 Å². The average molecular weight is 272 g/mol. The summed E-state index contributed by atoms with van der Waals surface area (Å²) >= 11 is 0. The number of hydrogen-bond acceptors (Lipinski definition) is 4. The summed E-state index contributed by atoms with van der Waals surface area (Å²) in [5.74, 6) is 0.316. The van der Waals surface area contributed by atoms with E-state index in [1.165, 1.54) is 0 Å². The van der Waals surface area contributed by atoms with Gasteiger partial charge in [-0.25, -0.2) is 0 Å². The topological polar surface area (TPSA) is 76.4 Å². The predicted octanol–water partition coefficient (Wildman–Crippen LogP) is 0.0341. The Morgan fingerprint density at radius 2 is 2.22 bits per heavy atom. The molecule has 2 bridgehead atoms. The highest BCUT2D eigenvalue weighted by molar-refractivity contribution is 5.85. The Morgan fingerprint density at radius 1 is 1.44 bits per heavy atom. The van der Waals surface area contributed by atoms with Gasteiger partial charge in [-0.3, -0.25) is 4.79 Å². The molecule has 5 nitrogen and oxygen atoms in total. The van der Waals surface area contributed by atoms with E-state index >= 15 is 0 Å². The molecule has 3 aliphatic rings. The van der Waals surface area contributed by atoms with Crippen molar-refractivity contribution in [2.45, 2.75) is 49.9 Å². The number of amides is 1. The zero-order chi connectivity index (χ0) is 12.0. The van der Waals surface area contributed by atoms with Crippen molar-refractivity contribution in [1.29, 1.82) is 5.26 Å². The largest absolute Gasteiger partial charge is 0.391 e. The summed E-state index contributed by atoms with van der Waals surface area (Å²) in [5, 5.41) is 21.9. The zero-order valence-corrected chi connectivity index (χ0v) is 10.9. The molecular weight excluding hydrogens is 254 g/mol. The maximum atomic E-state index is 12.3. The van der Waals surface area contributed by atoms with Crippen LogP contribution in [-0.4, -0.2) is 46.7 Å². The van der Waals surface area contributed by atoms with Crippen LogP contribution >= 0.6 is 12.4 Å². The molecule has 18 heavy (non-hydrogen) atoms. The van der Waals surface area contributed by atoms with Gasteiger partial charge >= 0.3 is 0 Å². The van der Waals surface area contributed by atoms with Crippen LogP contribution in [0.5, 0.6) is 0 Å². The van der Waals surface area contributed by atoms with E-state index in [2.05, 4.69) is 11.4 Å². The first-order valence-electron chi connectivity index (χ1n) is 6.35. The van der Waals surface area contributed by atoms with E-state index in [4.69, 9.17) is 5.26 Å². The molecule has 1 saturated carbocycles. The van der Waals surface area contributed by atoms with Crippen molar-refractivity contribution in [3.8, 4) is 6.07 Å². The fraction of sp³-hybridized carbons (Fsp3) is 0.833. The lowest BCUT2D eigenvalue weighted by atomic mass is 9.97. The van der Waals surface area contributed by atoms with Gasteiger partial charge in [0.05, 0.1) is 18.2 Å². The van der Waals surface area contributed by atoms with E-state index in [0.29, 0.717) is 6.54 Å². The SMILES string of the molecule is Cl.N#C[C@@H]1CCCN1C(=O)[C@H]1N[C@@H]2C[C@H]1C[C@@H]2O. The number of nitrogens with zero attached hydrogens (tertiary/aromatic N) is 2. The number of fused-ring (bicyclic) bond motifs is 2. The van der Waals surface area contributed by atoms with E-state index in [1.54, 1.807) is 4.90 Å². The second-order valence-corrected chi connectivity index (χ2v) is 5.37. The normalized spacial score (nSPS) is 41.6. The van der Waals surface area contributed by atoms with Crippen molar-refractivity contribution >= 4 is 18.3 Å². The van der Waals surface area contributed by atoms with Crippen molar-refractivity contribution in [3.63, 3.8) is 0 Å². The van der Waals surface area contributed by atoms with Gasteiger partial charge in [0, 0.05) is 12.6 Å². The summed E-state index contributed by atoms with van der Waals surface area (Å²) in [6.07, 6.45) is 3.04. The molecule has 1 amide bonds. The van der Waals surface area contributed by atoms with Gasteiger partial charge in [-0.1, -0.05) is 0 Å². The van der Waals surface area contributed by atoms with Crippen LogP contribution in [0.4, 0.5) is 0 Å². The molecule has 0 aromatic carbocycles. The lowest BCUT2D eigenvalue weighted by Crippen LogP contribution is -2.53. The van der Waals surface area contributed by atoms with Crippen molar-refractivity contribution in [2.75, 3.05) is 6.54 Å². The van der Waals surface area contributed by atoms with Gasteiger partial charge in [0.1, 0.15) is 6.04 Å². The third-order valence-corrected chi connectivity index (χ3v) is 4.38. The van der Waals surface area contributed by atoms with E-state index in [9.17, 15) is 9.90 Å². The minimum Gasteiger partial charge on any atom is -0.391 e. The molecule has 2 saturated heterocycles. The molecule has 2 heterocycles. The molecule has 0 spiro atoms. The van der Waals surface area contributed by atoms with Gasteiger partial charge in [-0.2, -0.15) is 5.26 Å². The van der Waals surface area contributed by atoms with Gasteiger partial charge in [0.25, 0.3) is 0 Å². The fourth-order valence-corrected chi connectivity index (χ4v) is 3.49. The highest BCUT2D eigenvalue weighted by Crippen LogP contribution is 2.37. The smallest absolute Gasteiger partial charge is 0.241 e. The number of carbonyl (C=O) groups excluding carboxylic acids is 1. The van der Waals surface area contributed by atoms with E-state index in [0.717, 1.165) is 25.7 Å². The number of nitriles is 1. The van der Waals surface area contributed by atoms with Crippen LogP contribution in [0.2, 0.25) is 0 Å². The van der Waals surface area contributed by atoms with Crippen molar-refractivity contribution in [1.82, 2.24) is 10.2 Å². The Bertz CT molecular complexity index is 382. The first-order chi connectivity index (χ1) is 8.20. The van der Waals surface area contributed by atoms with Gasteiger partial charge in [0.2, 0.25) is 5.91 Å². The second kappa shape index (κ2) is 5.04. The molecule has 1 aliphatic carbocycles. The number of rotatable bonds is 1. The predicted molar refractivity (Wildman–Crippen MR) is 67.0 cm³/mol. The Hall–Kier alpha value is -0.830. The molecule has 5 atom stereocenters. The highest BCUT2D eigenvalue weighted by Gasteiger charge is 2.49. The molecule has 0 unspecified atom stereocenters. The van der Waals surface area contributed by atoms with Gasteiger partial charge in [-0.05, 0) is 31.6 Å². The number of aliphatic hydroxyl groups is 1. The lowest BCUT2D eigenvalue weighted by Gasteiger charge is -2.30. The molecule has 0 aromatic heterocycles. The number of halogens is 1. The average Bonchev–Trinajstić information content (AvgIpc) is 3.01. The minimum atomic E-state index is -0.297. The number of hydrogen-bond donors (Lipinski definition) is 2. The third-order valence-electron chi connectivity index (χ3n) is 4.38. The van der Waals surface area contributed by atoms with Crippen LogP contribution in [0.25, 0.3) is 0 Å². The number of aliphatic hydroxyl groups excluding tert-OH is 1. The van der Waals surface area contributed by atoms with E-state index in [-0.39, 0.29) is 48.5 Å². The molecule has 0 aromatic rings. The Morgan fingerprint density at radius 3 is 2.78 bits per heavy atom. The Labute approximate surface area is 113 Å². The van der Waals surface area contributed by atoms with E-state index < -0.39 is 0 Å². The standard InChI is InChI=1S/C12H17N3O2.ClH/c13-6-8-2-1-3-15(8)12(17)11-7-4-9(14-11)10(16)5-7;/h7-11,14,16H,1-5H2;1H/t7-,8-,9+,10-,11-;/m0./s1.